The number of fused-ring (bicyclic) bond motifs is 1. The fraction of sp³-hybridized carbons (Fsp3) is 0.273. The molecule has 0 aliphatic heterocycles. The van der Waals surface area contributed by atoms with Gasteiger partial charge in [0.05, 0.1) is 0 Å². The molecule has 0 bridgehead atoms. The molecule has 0 radical (unpaired) electrons. The molecule has 1 N–H and O–H groups in total. The van der Waals surface area contributed by atoms with Crippen LogP contribution in [0, 0.1) is 0 Å². The van der Waals surface area contributed by atoms with E-state index in [1.54, 1.807) is 0 Å². The van der Waals surface area contributed by atoms with E-state index in [4.69, 9.17) is 0 Å². The van der Waals surface area contributed by atoms with Crippen LogP contribution >= 0.6 is 12.6 Å². The Morgan fingerprint density at radius 3 is 2.84 bits per heavy atom. The van der Waals surface area contributed by atoms with Crippen LogP contribution in [0.15, 0.2) is 24.5 Å². The second kappa shape index (κ2) is 5.12. The minimum absolute atomic E-state index is 0.0749. The van der Waals surface area contributed by atoms with Crippen LogP contribution in [0.5, 0.6) is 0 Å². The molecule has 0 aliphatic rings. The van der Waals surface area contributed by atoms with Crippen molar-refractivity contribution in [1.82, 2.24) is 14.7 Å². The zero-order valence-corrected chi connectivity index (χ0v) is 10.5. The van der Waals surface area contributed by atoms with E-state index in [-0.39, 0.29) is 17.1 Å². The number of hydrogen-bond donors (Lipinski definition) is 2. The number of imidazole rings is 1. The van der Waals surface area contributed by atoms with Crippen molar-refractivity contribution >= 4 is 24.2 Å². The first-order chi connectivity index (χ1) is 8.91. The lowest BCUT2D eigenvalue weighted by Crippen LogP contribution is -2.25. The molecule has 0 spiro atoms. The number of rotatable bonds is 3. The quantitative estimate of drug-likeness (QED) is 0.849. The van der Waals surface area contributed by atoms with Crippen LogP contribution < -0.4 is 5.32 Å². The number of pyridine rings is 1. The molecule has 0 aliphatic carbocycles. The number of alkyl halides is 3. The van der Waals surface area contributed by atoms with Crippen LogP contribution in [-0.4, -0.2) is 27.6 Å². The van der Waals surface area contributed by atoms with Crippen molar-refractivity contribution < 1.29 is 18.0 Å². The van der Waals surface area contributed by atoms with E-state index < -0.39 is 11.9 Å². The van der Waals surface area contributed by atoms with Crippen LogP contribution in [0.1, 0.15) is 16.1 Å². The van der Waals surface area contributed by atoms with Crippen molar-refractivity contribution in [2.45, 2.75) is 6.18 Å². The SMILES string of the molecule is O=C(NCCS)c1ccn2cc(C(F)(F)F)nc2c1. The molecular weight excluding hydrogens is 279 g/mol. The van der Waals surface area contributed by atoms with Gasteiger partial charge in [-0.15, -0.1) is 0 Å². The van der Waals surface area contributed by atoms with Crippen LogP contribution in [0.4, 0.5) is 13.2 Å². The van der Waals surface area contributed by atoms with E-state index in [9.17, 15) is 18.0 Å². The summed E-state index contributed by atoms with van der Waals surface area (Å²) in [6.07, 6.45) is -2.25. The maximum absolute atomic E-state index is 12.5. The number of nitrogens with zero attached hydrogens (tertiary/aromatic N) is 2. The van der Waals surface area contributed by atoms with Crippen LogP contribution in [-0.2, 0) is 6.18 Å². The number of carbonyl (C=O) groups is 1. The number of halogens is 3. The maximum atomic E-state index is 12.5. The molecule has 4 nitrogen and oxygen atoms in total. The summed E-state index contributed by atoms with van der Waals surface area (Å²) in [5, 5.41) is 2.58. The fourth-order valence-corrected chi connectivity index (χ4v) is 1.64. The first kappa shape index (κ1) is 13.7. The Kier molecular flexibility index (Phi) is 3.70. The van der Waals surface area contributed by atoms with Gasteiger partial charge in [0, 0.05) is 30.3 Å². The molecule has 102 valence electrons. The Morgan fingerprint density at radius 1 is 1.47 bits per heavy atom. The Balaban J connectivity index is 2.33. The van der Waals surface area contributed by atoms with Gasteiger partial charge in [-0.25, -0.2) is 4.98 Å². The van der Waals surface area contributed by atoms with Crippen LogP contribution in [0.2, 0.25) is 0 Å². The number of thiol groups is 1. The number of nitrogens with one attached hydrogen (secondary N) is 1. The highest BCUT2D eigenvalue weighted by Gasteiger charge is 2.33. The highest BCUT2D eigenvalue weighted by molar-refractivity contribution is 7.80. The van der Waals surface area contributed by atoms with Gasteiger partial charge in [-0.3, -0.25) is 4.79 Å². The van der Waals surface area contributed by atoms with Crippen molar-refractivity contribution in [2.24, 2.45) is 0 Å². The molecule has 0 saturated carbocycles. The number of aromatic nitrogens is 2. The number of carbonyl (C=O) groups excluding carboxylic acids is 1. The normalized spacial score (nSPS) is 11.8. The molecular formula is C11H10F3N3OS. The van der Waals surface area contributed by atoms with Crippen molar-refractivity contribution in [2.75, 3.05) is 12.3 Å². The molecule has 0 fully saturated rings. The average Bonchev–Trinajstić information content (AvgIpc) is 2.78. The van der Waals surface area contributed by atoms with Gasteiger partial charge >= 0.3 is 6.18 Å². The van der Waals surface area contributed by atoms with E-state index in [1.807, 2.05) is 0 Å². The highest BCUT2D eigenvalue weighted by Crippen LogP contribution is 2.28. The second-order valence-electron chi connectivity index (χ2n) is 3.78. The Bertz CT molecular complexity index is 609. The van der Waals surface area contributed by atoms with E-state index >= 15 is 0 Å². The average molecular weight is 289 g/mol. The van der Waals surface area contributed by atoms with Gasteiger partial charge in [-0.05, 0) is 12.1 Å². The minimum atomic E-state index is -4.50. The summed E-state index contributed by atoms with van der Waals surface area (Å²) < 4.78 is 38.7. The van der Waals surface area contributed by atoms with Gasteiger partial charge in [-0.2, -0.15) is 25.8 Å². The summed E-state index contributed by atoms with van der Waals surface area (Å²) in [4.78, 5) is 15.1. The molecule has 2 aromatic rings. The summed E-state index contributed by atoms with van der Waals surface area (Å²) in [5.41, 5.74) is -0.653. The van der Waals surface area contributed by atoms with Gasteiger partial charge in [0.15, 0.2) is 5.69 Å². The molecule has 1 amide bonds. The monoisotopic (exact) mass is 289 g/mol. The summed E-state index contributed by atoms with van der Waals surface area (Å²) in [6.45, 7) is 0.384. The zero-order chi connectivity index (χ0) is 14.0. The van der Waals surface area contributed by atoms with Crippen LogP contribution in [0.3, 0.4) is 0 Å². The predicted octanol–water partition coefficient (Wildman–Crippen LogP) is 2.01. The predicted molar refractivity (Wildman–Crippen MR) is 66.4 cm³/mol. The molecule has 2 aromatic heterocycles. The first-order valence-electron chi connectivity index (χ1n) is 5.37. The third kappa shape index (κ3) is 3.01. The molecule has 0 atom stereocenters. The Hall–Kier alpha value is -1.70. The second-order valence-corrected chi connectivity index (χ2v) is 4.23. The fourth-order valence-electron chi connectivity index (χ4n) is 1.53. The summed E-state index contributed by atoms with van der Waals surface area (Å²) >= 11 is 3.95. The standard InChI is InChI=1S/C11H10F3N3OS/c12-11(13,14)8-6-17-3-1-7(5-9(17)16-8)10(18)15-2-4-19/h1,3,5-6,19H,2,4H2,(H,15,18). The van der Waals surface area contributed by atoms with Gasteiger partial charge < -0.3 is 9.72 Å². The van der Waals surface area contributed by atoms with Gasteiger partial charge in [0.25, 0.3) is 5.91 Å². The Morgan fingerprint density at radius 2 is 2.21 bits per heavy atom. The van der Waals surface area contributed by atoms with E-state index in [2.05, 4.69) is 22.9 Å². The topological polar surface area (TPSA) is 46.4 Å². The van der Waals surface area contributed by atoms with Crippen molar-refractivity contribution in [3.05, 3.63) is 35.8 Å². The van der Waals surface area contributed by atoms with E-state index in [0.29, 0.717) is 12.3 Å². The Labute approximate surface area is 112 Å². The van der Waals surface area contributed by atoms with Crippen LogP contribution in [0.25, 0.3) is 5.65 Å². The smallest absolute Gasteiger partial charge is 0.351 e. The molecule has 0 unspecified atom stereocenters. The lowest BCUT2D eigenvalue weighted by Gasteiger charge is -2.03. The largest absolute Gasteiger partial charge is 0.434 e. The molecule has 19 heavy (non-hydrogen) atoms. The molecule has 2 rings (SSSR count). The first-order valence-corrected chi connectivity index (χ1v) is 6.00. The maximum Gasteiger partial charge on any atom is 0.434 e. The van der Waals surface area contributed by atoms with Crippen molar-refractivity contribution in [3.63, 3.8) is 0 Å². The van der Waals surface area contributed by atoms with Gasteiger partial charge in [0.2, 0.25) is 0 Å². The third-order valence-corrected chi connectivity index (χ3v) is 2.63. The summed E-state index contributed by atoms with van der Waals surface area (Å²) in [6, 6.07) is 2.74. The summed E-state index contributed by atoms with van der Waals surface area (Å²) in [5.74, 6) is 0.114. The minimum Gasteiger partial charge on any atom is -0.351 e. The van der Waals surface area contributed by atoms with Crippen molar-refractivity contribution in [1.29, 1.82) is 0 Å². The number of amides is 1. The zero-order valence-electron chi connectivity index (χ0n) is 9.61. The lowest BCUT2D eigenvalue weighted by molar-refractivity contribution is -0.140. The van der Waals surface area contributed by atoms with E-state index in [0.717, 1.165) is 6.20 Å². The van der Waals surface area contributed by atoms with E-state index in [1.165, 1.54) is 22.7 Å². The number of hydrogen-bond acceptors (Lipinski definition) is 3. The molecule has 0 saturated heterocycles. The highest BCUT2D eigenvalue weighted by atomic mass is 32.1. The third-order valence-electron chi connectivity index (χ3n) is 2.41. The lowest BCUT2D eigenvalue weighted by atomic mass is 10.2. The van der Waals surface area contributed by atoms with Gasteiger partial charge in [0.1, 0.15) is 5.65 Å². The summed E-state index contributed by atoms with van der Waals surface area (Å²) in [7, 11) is 0. The molecule has 2 heterocycles. The molecule has 0 aromatic carbocycles. The molecule has 8 heteroatoms. The van der Waals surface area contributed by atoms with Gasteiger partial charge in [-0.1, -0.05) is 0 Å². The van der Waals surface area contributed by atoms with Crippen molar-refractivity contribution in [3.8, 4) is 0 Å².